The van der Waals surface area contributed by atoms with E-state index in [1.807, 2.05) is 0 Å². The third-order valence-electron chi connectivity index (χ3n) is 6.16. The van der Waals surface area contributed by atoms with Gasteiger partial charge in [0.25, 0.3) is 5.56 Å². The Kier molecular flexibility index (Phi) is 8.07. The van der Waals surface area contributed by atoms with E-state index in [1.54, 1.807) is 91.0 Å². The van der Waals surface area contributed by atoms with E-state index >= 15 is 0 Å². The Morgan fingerprint density at radius 2 is 1.20 bits per heavy atom. The quantitative estimate of drug-likeness (QED) is 0.263. The number of aromatic amines is 1. The molecule has 1 aromatic heterocycles. The number of ether oxygens (including phenoxy) is 4. The molecule has 0 amide bonds. The van der Waals surface area contributed by atoms with Gasteiger partial charge in [0.1, 0.15) is 18.5 Å². The molecule has 5 rings (SSSR count). The van der Waals surface area contributed by atoms with Gasteiger partial charge in [-0.2, -0.15) is 0 Å². The third-order valence-corrected chi connectivity index (χ3v) is 6.16. The monoisotopic (exact) mass is 540 g/mol. The Labute approximate surface area is 228 Å². The van der Waals surface area contributed by atoms with Crippen LogP contribution >= 0.6 is 0 Å². The van der Waals surface area contributed by atoms with E-state index in [2.05, 4.69) is 9.97 Å². The number of nitrogens with one attached hydrogen (secondary N) is 1. The number of carbonyl (C=O) groups excluding carboxylic acids is 3. The average molecular weight is 541 g/mol. The van der Waals surface area contributed by atoms with Crippen LogP contribution in [0.15, 0.2) is 108 Å². The normalized spacial score (nSPS) is 19.9. The predicted octanol–water partition coefficient (Wildman–Crippen LogP) is 3.52. The van der Waals surface area contributed by atoms with Crippen LogP contribution in [0.4, 0.5) is 0 Å². The molecule has 4 aromatic rings. The van der Waals surface area contributed by atoms with Gasteiger partial charge in [-0.25, -0.2) is 19.4 Å². The number of esters is 3. The minimum atomic E-state index is -1.24. The Bertz CT molecular complexity index is 1530. The first-order chi connectivity index (χ1) is 19.5. The zero-order valence-corrected chi connectivity index (χ0v) is 21.0. The fourth-order valence-electron chi connectivity index (χ4n) is 4.23. The van der Waals surface area contributed by atoms with Gasteiger partial charge in [-0.1, -0.05) is 54.6 Å². The van der Waals surface area contributed by atoms with Gasteiger partial charge in [0.15, 0.2) is 18.3 Å². The van der Waals surface area contributed by atoms with Crippen LogP contribution in [-0.2, 0) is 18.9 Å². The molecule has 10 nitrogen and oxygen atoms in total. The second kappa shape index (κ2) is 12.2. The fraction of sp³-hybridized carbons (Fsp3) is 0.167. The van der Waals surface area contributed by atoms with Crippen LogP contribution in [0.1, 0.15) is 43.0 Å². The van der Waals surface area contributed by atoms with Crippen molar-refractivity contribution in [3.05, 3.63) is 136 Å². The van der Waals surface area contributed by atoms with Crippen molar-refractivity contribution in [3.63, 3.8) is 0 Å². The van der Waals surface area contributed by atoms with E-state index in [0.29, 0.717) is 5.56 Å². The standard InChI is InChI=1S/C30H24N2O8/c33-23-16-17-31-27(32-23)26-25(40-30(36)21-14-8-3-9-15-21)24(39-29(35)20-12-6-2-7-13-20)22(38-26)18-37-28(34)19-10-4-1-5-11-19/h1-17,22,24-26H,18H2,(H,31,32,33)/t22-,24-,25-,26?/m1/s1. The highest BCUT2D eigenvalue weighted by atomic mass is 16.6. The van der Waals surface area contributed by atoms with E-state index in [0.717, 1.165) is 0 Å². The highest BCUT2D eigenvalue weighted by Crippen LogP contribution is 2.37. The molecule has 4 atom stereocenters. The first-order valence-electron chi connectivity index (χ1n) is 12.4. The maximum Gasteiger partial charge on any atom is 0.338 e. The van der Waals surface area contributed by atoms with Gasteiger partial charge in [0, 0.05) is 12.3 Å². The SMILES string of the molecule is O=C(OC[C@H]1OC(c2nccc(=O)[nH]2)[C@H](OC(=O)c2ccccc2)[C@@H]1OC(=O)c1ccccc1)c1ccccc1. The van der Waals surface area contributed by atoms with Crippen LogP contribution in [0.25, 0.3) is 0 Å². The summed E-state index contributed by atoms with van der Waals surface area (Å²) in [4.78, 5) is 57.7. The summed E-state index contributed by atoms with van der Waals surface area (Å²) in [6, 6.07) is 26.0. The molecule has 1 saturated heterocycles. The van der Waals surface area contributed by atoms with E-state index < -0.39 is 47.9 Å². The predicted molar refractivity (Wildman–Crippen MR) is 140 cm³/mol. The highest BCUT2D eigenvalue weighted by molar-refractivity contribution is 5.91. The molecule has 0 bridgehead atoms. The molecule has 1 unspecified atom stereocenters. The van der Waals surface area contributed by atoms with Gasteiger partial charge in [-0.3, -0.25) is 4.79 Å². The van der Waals surface area contributed by atoms with Crippen molar-refractivity contribution in [2.45, 2.75) is 24.4 Å². The van der Waals surface area contributed by atoms with Crippen molar-refractivity contribution in [3.8, 4) is 0 Å². The summed E-state index contributed by atoms with van der Waals surface area (Å²) < 4.78 is 23.3. The Morgan fingerprint density at radius 1 is 0.700 bits per heavy atom. The number of hydrogen-bond acceptors (Lipinski definition) is 9. The van der Waals surface area contributed by atoms with E-state index in [-0.39, 0.29) is 23.6 Å². The van der Waals surface area contributed by atoms with Gasteiger partial charge in [0.05, 0.1) is 16.7 Å². The molecular formula is C30H24N2O8. The largest absolute Gasteiger partial charge is 0.459 e. The molecule has 1 aliphatic heterocycles. The van der Waals surface area contributed by atoms with Crippen LogP contribution in [0.2, 0.25) is 0 Å². The molecule has 0 aliphatic carbocycles. The molecule has 0 spiro atoms. The Morgan fingerprint density at radius 3 is 1.73 bits per heavy atom. The summed E-state index contributed by atoms with van der Waals surface area (Å²) in [5.74, 6) is -1.98. The van der Waals surface area contributed by atoms with E-state index in [9.17, 15) is 19.2 Å². The molecule has 2 heterocycles. The molecule has 10 heteroatoms. The van der Waals surface area contributed by atoms with Crippen molar-refractivity contribution >= 4 is 17.9 Å². The van der Waals surface area contributed by atoms with Crippen molar-refractivity contribution < 1.29 is 33.3 Å². The minimum Gasteiger partial charge on any atom is -0.459 e. The number of carbonyl (C=O) groups is 3. The van der Waals surface area contributed by atoms with Crippen LogP contribution in [0, 0.1) is 0 Å². The Hall–Kier alpha value is -5.09. The van der Waals surface area contributed by atoms with E-state index in [4.69, 9.17) is 18.9 Å². The lowest BCUT2D eigenvalue weighted by molar-refractivity contribution is -0.0454. The van der Waals surface area contributed by atoms with Crippen molar-refractivity contribution in [1.82, 2.24) is 9.97 Å². The van der Waals surface area contributed by atoms with E-state index in [1.165, 1.54) is 12.3 Å². The van der Waals surface area contributed by atoms with Crippen molar-refractivity contribution in [2.24, 2.45) is 0 Å². The number of rotatable bonds is 8. The number of aromatic nitrogens is 2. The average Bonchev–Trinajstić information content (AvgIpc) is 3.33. The van der Waals surface area contributed by atoms with Crippen molar-refractivity contribution in [2.75, 3.05) is 6.61 Å². The molecule has 40 heavy (non-hydrogen) atoms. The van der Waals surface area contributed by atoms with Crippen LogP contribution < -0.4 is 5.56 Å². The summed E-state index contributed by atoms with van der Waals surface area (Å²) >= 11 is 0. The lowest BCUT2D eigenvalue weighted by Gasteiger charge is -2.24. The molecule has 3 aromatic carbocycles. The number of H-pyrrole nitrogens is 1. The zero-order valence-electron chi connectivity index (χ0n) is 21.0. The third kappa shape index (κ3) is 6.13. The molecule has 1 aliphatic rings. The second-order valence-corrected chi connectivity index (χ2v) is 8.85. The van der Waals surface area contributed by atoms with Gasteiger partial charge in [-0.05, 0) is 36.4 Å². The van der Waals surface area contributed by atoms with Gasteiger partial charge in [-0.15, -0.1) is 0 Å². The first kappa shape index (κ1) is 26.5. The summed E-state index contributed by atoms with van der Waals surface area (Å²) in [5, 5.41) is 0. The van der Waals surface area contributed by atoms with Gasteiger partial charge < -0.3 is 23.9 Å². The maximum absolute atomic E-state index is 13.1. The molecule has 0 saturated carbocycles. The topological polar surface area (TPSA) is 134 Å². The maximum atomic E-state index is 13.1. The van der Waals surface area contributed by atoms with Crippen molar-refractivity contribution in [1.29, 1.82) is 0 Å². The lowest BCUT2D eigenvalue weighted by atomic mass is 10.1. The second-order valence-electron chi connectivity index (χ2n) is 8.85. The first-order valence-corrected chi connectivity index (χ1v) is 12.4. The van der Waals surface area contributed by atoms with Gasteiger partial charge >= 0.3 is 17.9 Å². The summed E-state index contributed by atoms with van der Waals surface area (Å²) in [5.41, 5.74) is 0.364. The lowest BCUT2D eigenvalue weighted by Crippen LogP contribution is -2.41. The van der Waals surface area contributed by atoms with Gasteiger partial charge in [0.2, 0.25) is 0 Å². The highest BCUT2D eigenvalue weighted by Gasteiger charge is 2.52. The zero-order chi connectivity index (χ0) is 27.9. The molecule has 1 N–H and O–H groups in total. The minimum absolute atomic E-state index is 0.0519. The van der Waals surface area contributed by atoms with Crippen LogP contribution in [0.5, 0.6) is 0 Å². The van der Waals surface area contributed by atoms with Crippen LogP contribution in [0.3, 0.4) is 0 Å². The summed E-state index contributed by atoms with van der Waals surface area (Å²) in [7, 11) is 0. The molecule has 202 valence electrons. The summed E-state index contributed by atoms with van der Waals surface area (Å²) in [6.07, 6.45) is -3.40. The molecular weight excluding hydrogens is 516 g/mol. The molecule has 0 radical (unpaired) electrons. The number of nitrogens with zero attached hydrogens (tertiary/aromatic N) is 1. The smallest absolute Gasteiger partial charge is 0.338 e. The fourth-order valence-corrected chi connectivity index (χ4v) is 4.23. The summed E-state index contributed by atoms with van der Waals surface area (Å²) in [6.45, 7) is -0.340. The number of hydrogen-bond donors (Lipinski definition) is 1. The Balaban J connectivity index is 1.47. The van der Waals surface area contributed by atoms with Crippen LogP contribution in [-0.4, -0.2) is 52.8 Å². The molecule has 1 fully saturated rings. The number of benzene rings is 3.